The number of hydrogen-bond donors (Lipinski definition) is 0. The summed E-state index contributed by atoms with van der Waals surface area (Å²) in [6.45, 7) is 5.57. The Kier molecular flexibility index (Phi) is 8.76. The van der Waals surface area contributed by atoms with E-state index in [2.05, 4.69) is 5.10 Å². The van der Waals surface area contributed by atoms with Crippen LogP contribution >= 0.6 is 7.14 Å². The molecule has 0 bridgehead atoms. The van der Waals surface area contributed by atoms with E-state index in [4.69, 9.17) is 14.2 Å². The van der Waals surface area contributed by atoms with Gasteiger partial charge >= 0.3 is 0 Å². The van der Waals surface area contributed by atoms with E-state index in [-0.39, 0.29) is 23.2 Å². The highest BCUT2D eigenvalue weighted by Crippen LogP contribution is 2.37. The van der Waals surface area contributed by atoms with Crippen LogP contribution in [0.15, 0.2) is 59.6 Å². The van der Waals surface area contributed by atoms with Gasteiger partial charge in [-0.15, -0.1) is 0 Å². The maximum Gasteiger partial charge on any atom is 0.175 e. The first-order valence-corrected chi connectivity index (χ1v) is 15.9. The normalized spacial score (nSPS) is 12.8. The van der Waals surface area contributed by atoms with Crippen LogP contribution in [0.1, 0.15) is 23.0 Å². The first kappa shape index (κ1) is 27.6. The van der Waals surface area contributed by atoms with E-state index in [0.29, 0.717) is 41.4 Å². The Bertz CT molecular complexity index is 1360. The molecule has 0 aliphatic rings. The average Bonchev–Trinajstić information content (AvgIpc) is 3.18. The summed E-state index contributed by atoms with van der Waals surface area (Å²) in [4.78, 5) is 13.3. The lowest BCUT2D eigenvalue weighted by molar-refractivity contribution is 0.0914. The molecule has 0 radical (unpaired) electrons. The van der Waals surface area contributed by atoms with Crippen molar-refractivity contribution in [1.82, 2.24) is 9.78 Å². The molecule has 0 saturated carbocycles. The summed E-state index contributed by atoms with van der Waals surface area (Å²) in [5.41, 5.74) is 0.928. The Morgan fingerprint density at radius 2 is 1.72 bits per heavy atom. The minimum atomic E-state index is -3.33. The number of methoxy groups -OCH3 is 1. The highest BCUT2D eigenvalue weighted by Gasteiger charge is 2.16. The minimum Gasteiger partial charge on any atom is -0.488 e. The number of nitrogens with zero attached hydrogens (tertiary/aromatic N) is 2. The zero-order valence-electron chi connectivity index (χ0n) is 21.0. The molecule has 3 aromatic rings. The van der Waals surface area contributed by atoms with Crippen LogP contribution in [-0.2, 0) is 31.8 Å². The fraction of sp³-hybridized carbons (Fsp3) is 0.360. The molecule has 0 amide bonds. The van der Waals surface area contributed by atoms with Gasteiger partial charge in [0.2, 0.25) is 0 Å². The molecule has 1 aromatic heterocycles. The van der Waals surface area contributed by atoms with E-state index in [0.717, 1.165) is 6.26 Å². The first-order chi connectivity index (χ1) is 16.8. The summed E-state index contributed by atoms with van der Waals surface area (Å²) in [6, 6.07) is 12.6. The van der Waals surface area contributed by atoms with Gasteiger partial charge < -0.3 is 18.8 Å². The SMILES string of the molecule is COC[C@H](C)Oc1cc(Oc2ccc(S(C)(=O)=O)cc2)cc(C(=O)Cc2ccn(CP(C)(C)=O)n2)c1. The number of sulfone groups is 1. The van der Waals surface area contributed by atoms with Crippen LogP contribution in [0.4, 0.5) is 0 Å². The number of carbonyl (C=O) groups excluding carboxylic acids is 1. The third-order valence-electron chi connectivity index (χ3n) is 4.95. The van der Waals surface area contributed by atoms with Crippen molar-refractivity contribution in [2.45, 2.75) is 30.6 Å². The Morgan fingerprint density at radius 3 is 2.33 bits per heavy atom. The van der Waals surface area contributed by atoms with Gasteiger partial charge in [0.05, 0.1) is 29.9 Å². The first-order valence-electron chi connectivity index (χ1n) is 11.2. The summed E-state index contributed by atoms with van der Waals surface area (Å²) >= 11 is 0. The van der Waals surface area contributed by atoms with Crippen LogP contribution in [0.25, 0.3) is 0 Å². The molecule has 3 rings (SSSR count). The molecular formula is C25H31N2O7PS. The Morgan fingerprint density at radius 1 is 1.06 bits per heavy atom. The lowest BCUT2D eigenvalue weighted by Gasteiger charge is -2.16. The highest BCUT2D eigenvalue weighted by atomic mass is 32.2. The fourth-order valence-corrected chi connectivity index (χ4v) is 4.93. The zero-order chi connectivity index (χ0) is 26.5. The van der Waals surface area contributed by atoms with Crippen molar-refractivity contribution in [3.63, 3.8) is 0 Å². The van der Waals surface area contributed by atoms with Gasteiger partial charge in [0.1, 0.15) is 30.5 Å². The molecule has 11 heteroatoms. The largest absolute Gasteiger partial charge is 0.488 e. The van der Waals surface area contributed by atoms with Gasteiger partial charge in [0, 0.05) is 31.2 Å². The molecule has 2 aromatic carbocycles. The maximum atomic E-state index is 13.1. The van der Waals surface area contributed by atoms with Crippen molar-refractivity contribution >= 4 is 22.8 Å². The van der Waals surface area contributed by atoms with Gasteiger partial charge in [-0.3, -0.25) is 9.48 Å². The second-order valence-electron chi connectivity index (χ2n) is 9.08. The monoisotopic (exact) mass is 534 g/mol. The minimum absolute atomic E-state index is 0.0459. The van der Waals surface area contributed by atoms with Crippen LogP contribution in [0, 0.1) is 0 Å². The van der Waals surface area contributed by atoms with E-state index < -0.39 is 17.0 Å². The molecule has 194 valence electrons. The number of Topliss-reactive ketones (excluding diaryl/α,β-unsaturated/α-hetero) is 1. The van der Waals surface area contributed by atoms with Crippen molar-refractivity contribution < 1.29 is 32.0 Å². The van der Waals surface area contributed by atoms with Gasteiger partial charge in [-0.05, 0) is 62.7 Å². The Balaban J connectivity index is 1.85. The van der Waals surface area contributed by atoms with Crippen LogP contribution in [-0.4, -0.2) is 63.4 Å². The summed E-state index contributed by atoms with van der Waals surface area (Å²) in [7, 11) is -4.06. The molecule has 9 nitrogen and oxygen atoms in total. The van der Waals surface area contributed by atoms with E-state index in [1.54, 1.807) is 67.7 Å². The lowest BCUT2D eigenvalue weighted by atomic mass is 10.1. The summed E-state index contributed by atoms with van der Waals surface area (Å²) in [5, 5.41) is 4.37. The third kappa shape index (κ3) is 8.33. The molecule has 0 saturated heterocycles. The molecule has 0 unspecified atom stereocenters. The number of ketones is 1. The van der Waals surface area contributed by atoms with E-state index in [1.807, 2.05) is 6.92 Å². The fourth-order valence-electron chi connectivity index (χ4n) is 3.44. The van der Waals surface area contributed by atoms with Gasteiger partial charge in [-0.1, -0.05) is 0 Å². The summed E-state index contributed by atoms with van der Waals surface area (Å²) in [5.74, 6) is 0.997. The molecule has 0 fully saturated rings. The van der Waals surface area contributed by atoms with Crippen LogP contribution in [0.5, 0.6) is 17.2 Å². The highest BCUT2D eigenvalue weighted by molar-refractivity contribution is 7.90. The summed E-state index contributed by atoms with van der Waals surface area (Å²) < 4.78 is 54.1. The Labute approximate surface area is 211 Å². The van der Waals surface area contributed by atoms with Crippen LogP contribution < -0.4 is 9.47 Å². The van der Waals surface area contributed by atoms with Crippen molar-refractivity contribution in [2.75, 3.05) is 33.3 Å². The lowest BCUT2D eigenvalue weighted by Crippen LogP contribution is -2.18. The maximum absolute atomic E-state index is 13.1. The second-order valence-corrected chi connectivity index (χ2v) is 14.5. The van der Waals surface area contributed by atoms with Crippen LogP contribution in [0.2, 0.25) is 0 Å². The van der Waals surface area contributed by atoms with Crippen LogP contribution in [0.3, 0.4) is 0 Å². The number of carbonyl (C=O) groups is 1. The molecule has 0 aliphatic carbocycles. The second kappa shape index (κ2) is 11.4. The van der Waals surface area contributed by atoms with Crippen molar-refractivity contribution in [3.8, 4) is 17.2 Å². The molecule has 36 heavy (non-hydrogen) atoms. The standard InChI is InChI=1S/C25H31N2O7PS/c1-18(16-32-2)33-22-12-19(25(28)14-20-10-11-27(26-20)17-35(3,4)29)13-23(15-22)34-21-6-8-24(9-7-21)36(5,30)31/h6-13,15,18H,14,16-17H2,1-5H3/t18-/m0/s1. The molecule has 0 spiro atoms. The van der Waals surface area contributed by atoms with Gasteiger partial charge in [-0.25, -0.2) is 8.42 Å². The quantitative estimate of drug-likeness (QED) is 0.247. The predicted octanol–water partition coefficient (Wildman–Crippen LogP) is 4.50. The van der Waals surface area contributed by atoms with E-state index in [9.17, 15) is 17.8 Å². The smallest absolute Gasteiger partial charge is 0.175 e. The van der Waals surface area contributed by atoms with Gasteiger partial charge in [-0.2, -0.15) is 5.10 Å². The molecular weight excluding hydrogens is 503 g/mol. The number of hydrogen-bond acceptors (Lipinski definition) is 8. The van der Waals surface area contributed by atoms with E-state index >= 15 is 0 Å². The molecule has 1 heterocycles. The number of rotatable bonds is 12. The average molecular weight is 535 g/mol. The topological polar surface area (TPSA) is 114 Å². The van der Waals surface area contributed by atoms with Gasteiger partial charge in [0.25, 0.3) is 0 Å². The Hall–Kier alpha value is -2.94. The van der Waals surface area contributed by atoms with Crippen molar-refractivity contribution in [2.24, 2.45) is 0 Å². The predicted molar refractivity (Wildman–Crippen MR) is 138 cm³/mol. The molecule has 1 atom stereocenters. The number of ether oxygens (including phenoxy) is 3. The van der Waals surface area contributed by atoms with E-state index in [1.165, 1.54) is 12.1 Å². The third-order valence-corrected chi connectivity index (χ3v) is 7.05. The number of benzene rings is 2. The van der Waals surface area contributed by atoms with Crippen molar-refractivity contribution in [3.05, 3.63) is 66.0 Å². The summed E-state index contributed by atoms with van der Waals surface area (Å²) in [6.07, 6.45) is 2.93. The zero-order valence-corrected chi connectivity index (χ0v) is 22.7. The van der Waals surface area contributed by atoms with Gasteiger partial charge in [0.15, 0.2) is 15.6 Å². The number of aromatic nitrogens is 2. The van der Waals surface area contributed by atoms with Crippen molar-refractivity contribution in [1.29, 1.82) is 0 Å². The molecule has 0 N–H and O–H groups in total. The molecule has 0 aliphatic heterocycles.